The summed E-state index contributed by atoms with van der Waals surface area (Å²) in [7, 11) is -3.69. The Balaban J connectivity index is 2.01. The molecule has 1 aromatic heterocycles. The third kappa shape index (κ3) is 3.87. The van der Waals surface area contributed by atoms with Crippen molar-refractivity contribution >= 4 is 27.3 Å². The molecule has 0 radical (unpaired) electrons. The summed E-state index contributed by atoms with van der Waals surface area (Å²) in [6.45, 7) is 4.06. The second-order valence-electron chi connectivity index (χ2n) is 4.53. The summed E-state index contributed by atoms with van der Waals surface area (Å²) < 4.78 is 22.3. The first-order valence-electron chi connectivity index (χ1n) is 6.11. The summed E-state index contributed by atoms with van der Waals surface area (Å²) in [5.41, 5.74) is 1.63. The van der Waals surface area contributed by atoms with Crippen LogP contribution in [0.15, 0.2) is 29.2 Å². The van der Waals surface area contributed by atoms with Crippen LogP contribution in [0.2, 0.25) is 0 Å². The Hall–Kier alpha value is -1.77. The monoisotopic (exact) mass is 325 g/mol. The van der Waals surface area contributed by atoms with Gasteiger partial charge in [0.1, 0.15) is 0 Å². The molecule has 1 heterocycles. The predicted octanol–water partition coefficient (Wildman–Crippen LogP) is 1.34. The standard InChI is InChI=1S/C13H15N3O3S2/c1-8-9(2)20-13(16-8)12(17)15-7-10-3-5-11(6-4-10)21(14,18)19/h3-6H,7H2,1-2H3,(H,15,17)(H2,14,18,19). The average Bonchev–Trinajstić information content (AvgIpc) is 2.75. The Morgan fingerprint density at radius 2 is 1.90 bits per heavy atom. The lowest BCUT2D eigenvalue weighted by Gasteiger charge is -2.04. The van der Waals surface area contributed by atoms with Gasteiger partial charge in [-0.05, 0) is 31.5 Å². The highest BCUT2D eigenvalue weighted by molar-refractivity contribution is 7.89. The van der Waals surface area contributed by atoms with Crippen LogP contribution in [0.5, 0.6) is 0 Å². The van der Waals surface area contributed by atoms with Crippen molar-refractivity contribution in [1.82, 2.24) is 10.3 Å². The van der Waals surface area contributed by atoms with Gasteiger partial charge in [-0.3, -0.25) is 4.79 Å². The molecule has 0 bridgehead atoms. The Morgan fingerprint density at radius 1 is 1.29 bits per heavy atom. The summed E-state index contributed by atoms with van der Waals surface area (Å²) in [6, 6.07) is 6.04. The molecule has 0 saturated heterocycles. The van der Waals surface area contributed by atoms with Gasteiger partial charge in [-0.25, -0.2) is 18.5 Å². The SMILES string of the molecule is Cc1nc(C(=O)NCc2ccc(S(N)(=O)=O)cc2)sc1C. The van der Waals surface area contributed by atoms with Crippen molar-refractivity contribution < 1.29 is 13.2 Å². The number of hydrogen-bond donors (Lipinski definition) is 2. The normalized spacial score (nSPS) is 11.4. The van der Waals surface area contributed by atoms with E-state index in [1.165, 1.54) is 23.5 Å². The minimum atomic E-state index is -3.69. The van der Waals surface area contributed by atoms with Gasteiger partial charge in [-0.1, -0.05) is 12.1 Å². The lowest BCUT2D eigenvalue weighted by atomic mass is 10.2. The summed E-state index contributed by atoms with van der Waals surface area (Å²) in [5, 5.41) is 8.18. The van der Waals surface area contributed by atoms with Crippen molar-refractivity contribution in [3.05, 3.63) is 45.4 Å². The van der Waals surface area contributed by atoms with Gasteiger partial charge in [-0.15, -0.1) is 11.3 Å². The molecule has 0 atom stereocenters. The van der Waals surface area contributed by atoms with Crippen LogP contribution >= 0.6 is 11.3 Å². The van der Waals surface area contributed by atoms with Crippen molar-refractivity contribution in [2.75, 3.05) is 0 Å². The number of sulfonamides is 1. The van der Waals surface area contributed by atoms with Gasteiger partial charge in [0.15, 0.2) is 5.01 Å². The fourth-order valence-electron chi connectivity index (χ4n) is 1.62. The molecule has 1 aromatic carbocycles. The molecule has 2 aromatic rings. The fraction of sp³-hybridized carbons (Fsp3) is 0.231. The van der Waals surface area contributed by atoms with E-state index in [1.54, 1.807) is 12.1 Å². The molecule has 0 saturated carbocycles. The van der Waals surface area contributed by atoms with Crippen molar-refractivity contribution in [3.8, 4) is 0 Å². The highest BCUT2D eigenvalue weighted by Crippen LogP contribution is 2.16. The third-order valence-electron chi connectivity index (χ3n) is 2.93. The molecule has 2 rings (SSSR count). The quantitative estimate of drug-likeness (QED) is 0.885. The van der Waals surface area contributed by atoms with E-state index >= 15 is 0 Å². The van der Waals surface area contributed by atoms with Gasteiger partial charge in [0.2, 0.25) is 10.0 Å². The van der Waals surface area contributed by atoms with Gasteiger partial charge in [-0.2, -0.15) is 0 Å². The zero-order valence-electron chi connectivity index (χ0n) is 11.6. The predicted molar refractivity (Wildman–Crippen MR) is 80.6 cm³/mol. The lowest BCUT2D eigenvalue weighted by Crippen LogP contribution is -2.22. The van der Waals surface area contributed by atoms with E-state index in [1.807, 2.05) is 13.8 Å². The average molecular weight is 325 g/mol. The molecule has 6 nitrogen and oxygen atoms in total. The molecule has 0 aliphatic carbocycles. The molecular formula is C13H15N3O3S2. The first-order valence-corrected chi connectivity index (χ1v) is 8.47. The number of carbonyl (C=O) groups is 1. The Bertz CT molecular complexity index is 745. The maximum atomic E-state index is 11.9. The molecule has 3 N–H and O–H groups in total. The maximum Gasteiger partial charge on any atom is 0.280 e. The van der Waals surface area contributed by atoms with E-state index < -0.39 is 10.0 Å². The number of nitrogens with two attached hydrogens (primary N) is 1. The van der Waals surface area contributed by atoms with Crippen LogP contribution in [-0.2, 0) is 16.6 Å². The third-order valence-corrected chi connectivity index (χ3v) is 4.93. The Labute approximate surface area is 127 Å². The molecule has 8 heteroatoms. The Kier molecular flexibility index (Phi) is 4.40. The first kappa shape index (κ1) is 15.6. The van der Waals surface area contributed by atoms with Crippen LogP contribution in [0.25, 0.3) is 0 Å². The van der Waals surface area contributed by atoms with E-state index in [4.69, 9.17) is 5.14 Å². The Morgan fingerprint density at radius 3 is 2.38 bits per heavy atom. The first-order chi connectivity index (χ1) is 9.77. The second kappa shape index (κ2) is 5.92. The number of nitrogens with zero attached hydrogens (tertiary/aromatic N) is 1. The van der Waals surface area contributed by atoms with E-state index in [0.717, 1.165) is 16.1 Å². The topological polar surface area (TPSA) is 102 Å². The van der Waals surface area contributed by atoms with Crippen LogP contribution in [0, 0.1) is 13.8 Å². The van der Waals surface area contributed by atoms with Crippen LogP contribution in [0.3, 0.4) is 0 Å². The number of hydrogen-bond acceptors (Lipinski definition) is 5. The molecule has 0 unspecified atom stereocenters. The number of nitrogens with one attached hydrogen (secondary N) is 1. The van der Waals surface area contributed by atoms with E-state index in [2.05, 4.69) is 10.3 Å². The van der Waals surface area contributed by atoms with Crippen molar-refractivity contribution in [1.29, 1.82) is 0 Å². The van der Waals surface area contributed by atoms with Crippen molar-refractivity contribution in [2.45, 2.75) is 25.3 Å². The van der Waals surface area contributed by atoms with Gasteiger partial charge in [0, 0.05) is 11.4 Å². The smallest absolute Gasteiger partial charge is 0.280 e. The second-order valence-corrected chi connectivity index (χ2v) is 7.30. The number of amides is 1. The van der Waals surface area contributed by atoms with Gasteiger partial charge in [0.25, 0.3) is 5.91 Å². The van der Waals surface area contributed by atoms with Gasteiger partial charge in [0.05, 0.1) is 10.6 Å². The summed E-state index contributed by atoms with van der Waals surface area (Å²) in [4.78, 5) is 17.2. The van der Waals surface area contributed by atoms with Crippen LogP contribution in [0.4, 0.5) is 0 Å². The number of aryl methyl sites for hydroxylation is 2. The van der Waals surface area contributed by atoms with E-state index in [-0.39, 0.29) is 10.8 Å². The number of carbonyl (C=O) groups excluding carboxylic acids is 1. The zero-order valence-corrected chi connectivity index (χ0v) is 13.2. The van der Waals surface area contributed by atoms with E-state index in [0.29, 0.717) is 11.6 Å². The molecule has 0 fully saturated rings. The highest BCUT2D eigenvalue weighted by atomic mass is 32.2. The van der Waals surface area contributed by atoms with Crippen LogP contribution in [0.1, 0.15) is 25.9 Å². The number of primary sulfonamides is 1. The highest BCUT2D eigenvalue weighted by Gasteiger charge is 2.12. The molecule has 1 amide bonds. The fourth-order valence-corrected chi connectivity index (χ4v) is 2.97. The number of aromatic nitrogens is 1. The molecular weight excluding hydrogens is 310 g/mol. The number of rotatable bonds is 4. The summed E-state index contributed by atoms with van der Waals surface area (Å²) in [6.07, 6.45) is 0. The summed E-state index contributed by atoms with van der Waals surface area (Å²) in [5.74, 6) is -0.244. The molecule has 0 aliphatic rings. The minimum Gasteiger partial charge on any atom is -0.346 e. The lowest BCUT2D eigenvalue weighted by molar-refractivity contribution is 0.0950. The number of thiazole rings is 1. The largest absolute Gasteiger partial charge is 0.346 e. The molecule has 0 aliphatic heterocycles. The van der Waals surface area contributed by atoms with E-state index in [9.17, 15) is 13.2 Å². The molecule has 21 heavy (non-hydrogen) atoms. The maximum absolute atomic E-state index is 11.9. The summed E-state index contributed by atoms with van der Waals surface area (Å²) >= 11 is 1.34. The molecule has 0 spiro atoms. The molecule has 112 valence electrons. The van der Waals surface area contributed by atoms with Gasteiger partial charge < -0.3 is 5.32 Å². The number of benzene rings is 1. The van der Waals surface area contributed by atoms with Crippen molar-refractivity contribution in [3.63, 3.8) is 0 Å². The van der Waals surface area contributed by atoms with Crippen molar-refractivity contribution in [2.24, 2.45) is 5.14 Å². The van der Waals surface area contributed by atoms with Crippen LogP contribution in [-0.4, -0.2) is 19.3 Å². The van der Waals surface area contributed by atoms with Gasteiger partial charge >= 0.3 is 0 Å². The minimum absolute atomic E-state index is 0.0451. The van der Waals surface area contributed by atoms with Crippen LogP contribution < -0.4 is 10.5 Å². The zero-order chi connectivity index (χ0) is 15.6.